The predicted molar refractivity (Wildman–Crippen MR) is 54.0 cm³/mol. The van der Waals surface area contributed by atoms with Crippen molar-refractivity contribution in [1.29, 1.82) is 0 Å². The smallest absolute Gasteiger partial charge is 0.323 e. The van der Waals surface area contributed by atoms with Gasteiger partial charge in [0.15, 0.2) is 0 Å². The van der Waals surface area contributed by atoms with E-state index >= 15 is 0 Å². The Morgan fingerprint density at radius 2 is 1.87 bits per heavy atom. The molecule has 0 radical (unpaired) electrons. The SMILES string of the molecule is COCC(CNC(COC)C(=O)O)OC. The van der Waals surface area contributed by atoms with Gasteiger partial charge in [0.2, 0.25) is 0 Å². The van der Waals surface area contributed by atoms with Crippen molar-refractivity contribution < 1.29 is 24.1 Å². The standard InChI is InChI=1S/C9H19NO5/c1-13-5-7(15-3)4-10-8(6-14-2)9(11)12/h7-8,10H,4-6H2,1-3H3,(H,11,12). The van der Waals surface area contributed by atoms with Gasteiger partial charge in [-0.15, -0.1) is 0 Å². The van der Waals surface area contributed by atoms with Crippen LogP contribution in [0.15, 0.2) is 0 Å². The lowest BCUT2D eigenvalue weighted by molar-refractivity contribution is -0.141. The fraction of sp³-hybridized carbons (Fsp3) is 0.889. The zero-order valence-corrected chi connectivity index (χ0v) is 9.36. The second-order valence-electron chi connectivity index (χ2n) is 3.07. The van der Waals surface area contributed by atoms with E-state index < -0.39 is 12.0 Å². The Hall–Kier alpha value is -0.690. The van der Waals surface area contributed by atoms with Gasteiger partial charge < -0.3 is 19.3 Å². The summed E-state index contributed by atoms with van der Waals surface area (Å²) in [6.07, 6.45) is -0.159. The van der Waals surface area contributed by atoms with Gasteiger partial charge in [-0.05, 0) is 0 Å². The highest BCUT2D eigenvalue weighted by atomic mass is 16.5. The van der Waals surface area contributed by atoms with Crippen LogP contribution in [0.2, 0.25) is 0 Å². The average Bonchev–Trinajstić information content (AvgIpc) is 2.21. The third-order valence-corrected chi connectivity index (χ3v) is 1.91. The van der Waals surface area contributed by atoms with E-state index in [-0.39, 0.29) is 12.7 Å². The minimum Gasteiger partial charge on any atom is -0.480 e. The van der Waals surface area contributed by atoms with Gasteiger partial charge in [0.1, 0.15) is 6.04 Å². The molecule has 0 spiro atoms. The van der Waals surface area contributed by atoms with Crippen molar-refractivity contribution in [3.8, 4) is 0 Å². The molecule has 0 saturated heterocycles. The summed E-state index contributed by atoms with van der Waals surface area (Å²) in [7, 11) is 4.58. The second kappa shape index (κ2) is 8.60. The summed E-state index contributed by atoms with van der Waals surface area (Å²) < 4.78 is 14.8. The lowest BCUT2D eigenvalue weighted by atomic mass is 10.3. The number of hydrogen-bond acceptors (Lipinski definition) is 5. The molecule has 0 aliphatic carbocycles. The molecule has 0 amide bonds. The van der Waals surface area contributed by atoms with Gasteiger partial charge in [-0.25, -0.2) is 0 Å². The van der Waals surface area contributed by atoms with Crippen LogP contribution in [0.25, 0.3) is 0 Å². The minimum absolute atomic E-state index is 0.124. The Morgan fingerprint density at radius 3 is 2.27 bits per heavy atom. The first kappa shape index (κ1) is 14.3. The van der Waals surface area contributed by atoms with Crippen LogP contribution in [-0.4, -0.2) is 64.3 Å². The highest BCUT2D eigenvalue weighted by Crippen LogP contribution is 1.92. The van der Waals surface area contributed by atoms with E-state index in [4.69, 9.17) is 19.3 Å². The molecule has 0 rings (SSSR count). The summed E-state index contributed by atoms with van der Waals surface area (Å²) in [4.78, 5) is 10.7. The first-order chi connectivity index (χ1) is 7.15. The average molecular weight is 221 g/mol. The Kier molecular flexibility index (Phi) is 8.21. The minimum atomic E-state index is -0.941. The van der Waals surface area contributed by atoms with E-state index in [2.05, 4.69) is 5.32 Å². The number of aliphatic carboxylic acids is 1. The molecule has 6 heteroatoms. The van der Waals surface area contributed by atoms with Crippen LogP contribution in [0.3, 0.4) is 0 Å². The quantitative estimate of drug-likeness (QED) is 0.538. The van der Waals surface area contributed by atoms with Crippen LogP contribution < -0.4 is 5.32 Å². The normalized spacial score (nSPS) is 14.9. The summed E-state index contributed by atoms with van der Waals surface area (Å²) in [6, 6.07) is -0.718. The molecule has 0 aromatic heterocycles. The largest absolute Gasteiger partial charge is 0.480 e. The Morgan fingerprint density at radius 1 is 1.27 bits per heavy atom. The summed E-state index contributed by atoms with van der Waals surface area (Å²) in [6.45, 7) is 0.951. The molecule has 0 bridgehead atoms. The highest BCUT2D eigenvalue weighted by Gasteiger charge is 2.18. The van der Waals surface area contributed by atoms with Crippen molar-refractivity contribution in [2.24, 2.45) is 0 Å². The highest BCUT2D eigenvalue weighted by molar-refractivity contribution is 5.73. The van der Waals surface area contributed by atoms with Gasteiger partial charge in [-0.2, -0.15) is 0 Å². The van der Waals surface area contributed by atoms with Crippen molar-refractivity contribution in [2.75, 3.05) is 41.1 Å². The molecule has 2 atom stereocenters. The van der Waals surface area contributed by atoms with Gasteiger partial charge in [0.05, 0.1) is 19.3 Å². The monoisotopic (exact) mass is 221 g/mol. The number of carboxylic acid groups (broad SMARTS) is 1. The molecule has 90 valence electrons. The van der Waals surface area contributed by atoms with Crippen molar-refractivity contribution in [3.63, 3.8) is 0 Å². The number of rotatable bonds is 9. The second-order valence-corrected chi connectivity index (χ2v) is 3.07. The molecule has 0 aliphatic heterocycles. The summed E-state index contributed by atoms with van der Waals surface area (Å²) in [5.41, 5.74) is 0. The van der Waals surface area contributed by atoms with Crippen LogP contribution in [0.5, 0.6) is 0 Å². The van der Waals surface area contributed by atoms with E-state index in [0.717, 1.165) is 0 Å². The maximum absolute atomic E-state index is 10.7. The molecule has 2 unspecified atom stereocenters. The first-order valence-electron chi connectivity index (χ1n) is 4.62. The van der Waals surface area contributed by atoms with Crippen molar-refractivity contribution in [1.82, 2.24) is 5.32 Å². The number of hydrogen-bond donors (Lipinski definition) is 2. The van der Waals surface area contributed by atoms with E-state index in [1.807, 2.05) is 0 Å². The zero-order valence-electron chi connectivity index (χ0n) is 9.36. The van der Waals surface area contributed by atoms with E-state index in [0.29, 0.717) is 13.2 Å². The summed E-state index contributed by atoms with van der Waals surface area (Å²) >= 11 is 0. The summed E-state index contributed by atoms with van der Waals surface area (Å²) in [5.74, 6) is -0.941. The van der Waals surface area contributed by atoms with Crippen molar-refractivity contribution in [2.45, 2.75) is 12.1 Å². The van der Waals surface area contributed by atoms with Crippen LogP contribution in [0.4, 0.5) is 0 Å². The first-order valence-corrected chi connectivity index (χ1v) is 4.62. The molecular weight excluding hydrogens is 202 g/mol. The van der Waals surface area contributed by atoms with E-state index in [1.54, 1.807) is 14.2 Å². The molecule has 0 saturated carbocycles. The molecule has 0 aromatic carbocycles. The molecule has 0 fully saturated rings. The molecular formula is C9H19NO5. The Bertz CT molecular complexity index is 176. The van der Waals surface area contributed by atoms with Crippen molar-refractivity contribution >= 4 is 5.97 Å². The topological polar surface area (TPSA) is 77.0 Å². The summed E-state index contributed by atoms with van der Waals surface area (Å²) in [5, 5.41) is 11.6. The maximum Gasteiger partial charge on any atom is 0.323 e. The number of ether oxygens (including phenoxy) is 3. The molecule has 2 N–H and O–H groups in total. The third-order valence-electron chi connectivity index (χ3n) is 1.91. The number of carboxylic acids is 1. The lowest BCUT2D eigenvalue weighted by Crippen LogP contribution is -2.45. The zero-order chi connectivity index (χ0) is 11.7. The van der Waals surface area contributed by atoms with Gasteiger partial charge in [-0.1, -0.05) is 0 Å². The van der Waals surface area contributed by atoms with Crippen LogP contribution in [0, 0.1) is 0 Å². The van der Waals surface area contributed by atoms with E-state index in [9.17, 15) is 4.79 Å². The lowest BCUT2D eigenvalue weighted by Gasteiger charge is -2.18. The number of carbonyl (C=O) groups is 1. The molecule has 15 heavy (non-hydrogen) atoms. The predicted octanol–water partition coefficient (Wildman–Crippen LogP) is -0.663. The van der Waals surface area contributed by atoms with Gasteiger partial charge in [-0.3, -0.25) is 10.1 Å². The van der Waals surface area contributed by atoms with Crippen molar-refractivity contribution in [3.05, 3.63) is 0 Å². The third kappa shape index (κ3) is 6.40. The fourth-order valence-electron chi connectivity index (χ4n) is 1.05. The molecule has 0 aromatic rings. The Labute approximate surface area is 89.5 Å². The van der Waals surface area contributed by atoms with Crippen LogP contribution >= 0.6 is 0 Å². The molecule has 0 aliphatic rings. The molecule has 6 nitrogen and oxygen atoms in total. The number of methoxy groups -OCH3 is 3. The van der Waals surface area contributed by atoms with Gasteiger partial charge >= 0.3 is 5.97 Å². The maximum atomic E-state index is 10.7. The van der Waals surface area contributed by atoms with Crippen LogP contribution in [-0.2, 0) is 19.0 Å². The van der Waals surface area contributed by atoms with E-state index in [1.165, 1.54) is 7.11 Å². The van der Waals surface area contributed by atoms with Crippen LogP contribution in [0.1, 0.15) is 0 Å². The van der Waals surface area contributed by atoms with Gasteiger partial charge in [0, 0.05) is 27.9 Å². The molecule has 0 heterocycles. The van der Waals surface area contributed by atoms with Gasteiger partial charge in [0.25, 0.3) is 0 Å². The fourth-order valence-corrected chi connectivity index (χ4v) is 1.05. The number of nitrogens with one attached hydrogen (secondary N) is 1. The Balaban J connectivity index is 3.90.